The Morgan fingerprint density at radius 3 is 2.73 bits per heavy atom. The number of aliphatic hydroxyl groups excluding tert-OH is 2. The van der Waals surface area contributed by atoms with Crippen LogP contribution in [0.2, 0.25) is 0 Å². The third-order valence-corrected chi connectivity index (χ3v) is 4.61. The van der Waals surface area contributed by atoms with E-state index in [9.17, 15) is 15.0 Å². The fourth-order valence-corrected chi connectivity index (χ4v) is 3.37. The van der Waals surface area contributed by atoms with Crippen molar-refractivity contribution in [3.63, 3.8) is 0 Å². The minimum Gasteiger partial charge on any atom is -0.390 e. The molecule has 1 saturated carbocycles. The lowest BCUT2D eigenvalue weighted by Gasteiger charge is -2.33. The SMILES string of the molecule is O=C(NC1C[C@@H](O)[C@@H](O)C1)C1CCCN(c2ccccn2)C1. The maximum absolute atomic E-state index is 12.4. The molecule has 3 N–H and O–H groups in total. The first-order chi connectivity index (χ1) is 10.6. The number of carbonyl (C=O) groups excluding carboxylic acids is 1. The second kappa shape index (κ2) is 6.62. The summed E-state index contributed by atoms with van der Waals surface area (Å²) in [6, 6.07) is 5.67. The molecule has 0 bridgehead atoms. The van der Waals surface area contributed by atoms with Crippen molar-refractivity contribution < 1.29 is 15.0 Å². The fraction of sp³-hybridized carbons (Fsp3) is 0.625. The summed E-state index contributed by atoms with van der Waals surface area (Å²) in [7, 11) is 0. The topological polar surface area (TPSA) is 85.7 Å². The zero-order chi connectivity index (χ0) is 15.5. The molecular weight excluding hydrogens is 282 g/mol. The number of aliphatic hydroxyl groups is 2. The van der Waals surface area contributed by atoms with Gasteiger partial charge in [0.05, 0.1) is 18.1 Å². The van der Waals surface area contributed by atoms with Crippen LogP contribution in [-0.2, 0) is 4.79 Å². The molecule has 2 unspecified atom stereocenters. The zero-order valence-electron chi connectivity index (χ0n) is 12.6. The Morgan fingerprint density at radius 2 is 2.05 bits per heavy atom. The van der Waals surface area contributed by atoms with Crippen molar-refractivity contribution in [1.29, 1.82) is 0 Å². The molecule has 2 aliphatic rings. The molecule has 2 fully saturated rings. The predicted molar refractivity (Wildman–Crippen MR) is 82.4 cm³/mol. The summed E-state index contributed by atoms with van der Waals surface area (Å²) < 4.78 is 0. The molecule has 4 atom stereocenters. The Labute approximate surface area is 130 Å². The Bertz CT molecular complexity index is 501. The van der Waals surface area contributed by atoms with Crippen molar-refractivity contribution in [2.75, 3.05) is 18.0 Å². The molecule has 6 nitrogen and oxygen atoms in total. The minimum absolute atomic E-state index is 0.0203. The highest BCUT2D eigenvalue weighted by Gasteiger charge is 2.34. The molecule has 6 heteroatoms. The van der Waals surface area contributed by atoms with Crippen LogP contribution in [0.4, 0.5) is 5.82 Å². The van der Waals surface area contributed by atoms with Crippen LogP contribution in [0.1, 0.15) is 25.7 Å². The van der Waals surface area contributed by atoms with E-state index in [1.807, 2.05) is 18.2 Å². The quantitative estimate of drug-likeness (QED) is 0.748. The van der Waals surface area contributed by atoms with E-state index in [1.165, 1.54) is 0 Å². The van der Waals surface area contributed by atoms with E-state index in [0.717, 1.165) is 25.2 Å². The van der Waals surface area contributed by atoms with Crippen molar-refractivity contribution in [2.45, 2.75) is 43.9 Å². The highest BCUT2D eigenvalue weighted by molar-refractivity contribution is 5.80. The molecule has 1 saturated heterocycles. The van der Waals surface area contributed by atoms with Crippen LogP contribution in [0.15, 0.2) is 24.4 Å². The number of aromatic nitrogens is 1. The number of piperidine rings is 1. The Morgan fingerprint density at radius 1 is 1.27 bits per heavy atom. The van der Waals surface area contributed by atoms with Crippen LogP contribution < -0.4 is 10.2 Å². The summed E-state index contributed by atoms with van der Waals surface area (Å²) in [6.45, 7) is 1.59. The summed E-state index contributed by atoms with van der Waals surface area (Å²) >= 11 is 0. The molecule has 1 aliphatic heterocycles. The van der Waals surface area contributed by atoms with Crippen LogP contribution in [0, 0.1) is 5.92 Å². The minimum atomic E-state index is -0.721. The number of hydrogen-bond donors (Lipinski definition) is 3. The maximum atomic E-state index is 12.4. The van der Waals surface area contributed by atoms with Gasteiger partial charge in [-0.3, -0.25) is 4.79 Å². The number of pyridine rings is 1. The van der Waals surface area contributed by atoms with Crippen molar-refractivity contribution in [1.82, 2.24) is 10.3 Å². The predicted octanol–water partition coefficient (Wildman–Crippen LogP) is 0.298. The molecule has 3 rings (SSSR count). The second-order valence-electron chi connectivity index (χ2n) is 6.28. The van der Waals surface area contributed by atoms with E-state index >= 15 is 0 Å². The Hall–Kier alpha value is -1.66. The van der Waals surface area contributed by atoms with Gasteiger partial charge in [-0.05, 0) is 37.8 Å². The third-order valence-electron chi connectivity index (χ3n) is 4.61. The molecule has 1 aromatic rings. The second-order valence-corrected chi connectivity index (χ2v) is 6.28. The third kappa shape index (κ3) is 3.39. The molecule has 120 valence electrons. The number of rotatable bonds is 3. The van der Waals surface area contributed by atoms with Crippen LogP contribution in [0.3, 0.4) is 0 Å². The van der Waals surface area contributed by atoms with Gasteiger partial charge in [0.2, 0.25) is 5.91 Å². The van der Waals surface area contributed by atoms with E-state index in [2.05, 4.69) is 15.2 Å². The first-order valence-electron chi connectivity index (χ1n) is 7.96. The Balaban J connectivity index is 1.57. The number of hydrogen-bond acceptors (Lipinski definition) is 5. The van der Waals surface area contributed by atoms with E-state index in [1.54, 1.807) is 6.20 Å². The van der Waals surface area contributed by atoms with E-state index in [0.29, 0.717) is 19.4 Å². The highest BCUT2D eigenvalue weighted by atomic mass is 16.3. The Kier molecular flexibility index (Phi) is 4.59. The van der Waals surface area contributed by atoms with Gasteiger partial charge < -0.3 is 20.4 Å². The molecular formula is C16H23N3O3. The van der Waals surface area contributed by atoms with E-state index < -0.39 is 12.2 Å². The molecule has 0 spiro atoms. The number of nitrogens with one attached hydrogen (secondary N) is 1. The highest BCUT2D eigenvalue weighted by Crippen LogP contribution is 2.24. The molecule has 0 aromatic carbocycles. The van der Waals surface area contributed by atoms with E-state index in [4.69, 9.17) is 0 Å². The van der Waals surface area contributed by atoms with Gasteiger partial charge in [-0.15, -0.1) is 0 Å². The van der Waals surface area contributed by atoms with Crippen LogP contribution in [0.5, 0.6) is 0 Å². The van der Waals surface area contributed by atoms with Crippen molar-refractivity contribution >= 4 is 11.7 Å². The molecule has 1 aliphatic carbocycles. The number of nitrogens with zero attached hydrogens (tertiary/aromatic N) is 2. The average Bonchev–Trinajstić information content (AvgIpc) is 2.86. The largest absolute Gasteiger partial charge is 0.390 e. The van der Waals surface area contributed by atoms with Gasteiger partial charge in [0.15, 0.2) is 0 Å². The molecule has 2 heterocycles. The number of carbonyl (C=O) groups is 1. The zero-order valence-corrected chi connectivity index (χ0v) is 12.6. The normalized spacial score (nSPS) is 32.0. The standard InChI is InChI=1S/C16H23N3O3/c20-13-8-12(9-14(13)21)18-16(22)11-4-3-7-19(10-11)15-5-1-2-6-17-15/h1-2,5-6,11-14,20-21H,3-4,7-10H2,(H,18,22)/t11?,12?,13-,14+. The summed E-state index contributed by atoms with van der Waals surface area (Å²) in [5, 5.41) is 22.1. The van der Waals surface area contributed by atoms with Gasteiger partial charge in [-0.25, -0.2) is 4.98 Å². The monoisotopic (exact) mass is 305 g/mol. The van der Waals surface area contributed by atoms with Gasteiger partial charge in [0.25, 0.3) is 0 Å². The summed E-state index contributed by atoms with van der Waals surface area (Å²) in [5.74, 6) is 0.865. The average molecular weight is 305 g/mol. The van der Waals surface area contributed by atoms with Crippen LogP contribution in [-0.4, -0.2) is 52.4 Å². The summed E-state index contributed by atoms with van der Waals surface area (Å²) in [5.41, 5.74) is 0. The van der Waals surface area contributed by atoms with Crippen LogP contribution in [0.25, 0.3) is 0 Å². The first-order valence-corrected chi connectivity index (χ1v) is 7.96. The number of amides is 1. The first kappa shape index (κ1) is 15.2. The molecule has 1 amide bonds. The molecule has 22 heavy (non-hydrogen) atoms. The van der Waals surface area contributed by atoms with Crippen LogP contribution >= 0.6 is 0 Å². The summed E-state index contributed by atoms with van der Waals surface area (Å²) in [4.78, 5) is 18.9. The van der Waals surface area contributed by atoms with Gasteiger partial charge in [0.1, 0.15) is 5.82 Å². The smallest absolute Gasteiger partial charge is 0.225 e. The maximum Gasteiger partial charge on any atom is 0.225 e. The van der Waals surface area contributed by atoms with Gasteiger partial charge >= 0.3 is 0 Å². The fourth-order valence-electron chi connectivity index (χ4n) is 3.37. The molecule has 0 radical (unpaired) electrons. The van der Waals surface area contributed by atoms with Gasteiger partial charge in [-0.1, -0.05) is 6.07 Å². The number of anilines is 1. The van der Waals surface area contributed by atoms with E-state index in [-0.39, 0.29) is 17.9 Å². The van der Waals surface area contributed by atoms with Crippen molar-refractivity contribution in [3.05, 3.63) is 24.4 Å². The summed E-state index contributed by atoms with van der Waals surface area (Å²) in [6.07, 6.45) is 3.02. The van der Waals surface area contributed by atoms with Gasteiger partial charge in [-0.2, -0.15) is 0 Å². The lowest BCUT2D eigenvalue weighted by atomic mass is 9.96. The lowest BCUT2D eigenvalue weighted by molar-refractivity contribution is -0.126. The lowest BCUT2D eigenvalue weighted by Crippen LogP contribution is -2.45. The van der Waals surface area contributed by atoms with Crippen molar-refractivity contribution in [2.24, 2.45) is 5.92 Å². The van der Waals surface area contributed by atoms with Gasteiger partial charge in [0, 0.05) is 25.3 Å². The van der Waals surface area contributed by atoms with Crippen molar-refractivity contribution in [3.8, 4) is 0 Å². The molecule has 1 aromatic heterocycles.